The van der Waals surface area contributed by atoms with Crippen molar-refractivity contribution in [1.29, 1.82) is 0 Å². The molecule has 0 aromatic heterocycles. The van der Waals surface area contributed by atoms with E-state index in [9.17, 15) is 5.11 Å². The minimum absolute atomic E-state index is 0.500. The molecule has 0 aliphatic rings. The summed E-state index contributed by atoms with van der Waals surface area (Å²) in [5, 5.41) is 10.2. The zero-order valence-electron chi connectivity index (χ0n) is 9.17. The van der Waals surface area contributed by atoms with Gasteiger partial charge in [-0.1, -0.05) is 23.8 Å². The number of rotatable bonds is 3. The van der Waals surface area contributed by atoms with E-state index in [2.05, 4.69) is 13.0 Å². The van der Waals surface area contributed by atoms with Gasteiger partial charge in [0.05, 0.1) is 5.60 Å². The Kier molecular flexibility index (Phi) is 3.29. The van der Waals surface area contributed by atoms with Crippen molar-refractivity contribution < 1.29 is 5.11 Å². The molecule has 1 rings (SSSR count). The molecule has 2 heteroatoms. The predicted octanol–water partition coefficient (Wildman–Crippen LogP) is 1.86. The highest BCUT2D eigenvalue weighted by Gasteiger charge is 2.23. The third-order valence-corrected chi connectivity index (χ3v) is 2.59. The van der Waals surface area contributed by atoms with Crippen LogP contribution in [0.3, 0.4) is 0 Å². The summed E-state index contributed by atoms with van der Waals surface area (Å²) in [6.45, 7) is 6.39. The van der Waals surface area contributed by atoms with Crippen LogP contribution in [0.25, 0.3) is 0 Å². The molecule has 2 nitrogen and oxygen atoms in total. The molecular weight excluding hydrogens is 174 g/mol. The van der Waals surface area contributed by atoms with Gasteiger partial charge >= 0.3 is 0 Å². The third kappa shape index (κ3) is 2.34. The number of aryl methyl sites for hydroxylation is 2. The lowest BCUT2D eigenvalue weighted by atomic mass is 9.88. The molecule has 3 N–H and O–H groups in total. The first-order valence-electron chi connectivity index (χ1n) is 4.97. The van der Waals surface area contributed by atoms with Gasteiger partial charge in [-0.05, 0) is 44.9 Å². The van der Waals surface area contributed by atoms with E-state index in [1.165, 1.54) is 5.56 Å². The second-order valence-electron chi connectivity index (χ2n) is 4.13. The Balaban J connectivity index is 3.06. The Labute approximate surface area is 85.8 Å². The molecule has 0 radical (unpaired) electrons. The molecule has 1 atom stereocenters. The highest BCUT2D eigenvalue weighted by molar-refractivity contribution is 5.34. The maximum Gasteiger partial charge on any atom is 0.0883 e. The first-order valence-corrected chi connectivity index (χ1v) is 4.97. The van der Waals surface area contributed by atoms with Gasteiger partial charge in [-0.3, -0.25) is 0 Å². The van der Waals surface area contributed by atoms with Crippen LogP contribution in [0.2, 0.25) is 0 Å². The monoisotopic (exact) mass is 193 g/mol. The topological polar surface area (TPSA) is 46.2 Å². The van der Waals surface area contributed by atoms with Crippen LogP contribution in [-0.4, -0.2) is 11.7 Å². The van der Waals surface area contributed by atoms with Gasteiger partial charge < -0.3 is 10.8 Å². The highest BCUT2D eigenvalue weighted by atomic mass is 16.3. The standard InChI is InChI=1S/C12H19NO/c1-9-4-5-11(10(2)8-9)12(3,14)6-7-13/h4-5,8,14H,6-7,13H2,1-3H3. The number of hydrogen-bond donors (Lipinski definition) is 2. The molecule has 1 aromatic carbocycles. The Morgan fingerprint density at radius 2 is 2.00 bits per heavy atom. The fraction of sp³-hybridized carbons (Fsp3) is 0.500. The van der Waals surface area contributed by atoms with E-state index in [0.29, 0.717) is 13.0 Å². The van der Waals surface area contributed by atoms with Crippen molar-refractivity contribution in [3.8, 4) is 0 Å². The van der Waals surface area contributed by atoms with Crippen LogP contribution in [-0.2, 0) is 5.60 Å². The van der Waals surface area contributed by atoms with Gasteiger partial charge in [-0.2, -0.15) is 0 Å². The van der Waals surface area contributed by atoms with Crippen molar-refractivity contribution in [2.75, 3.05) is 6.54 Å². The molecule has 0 heterocycles. The number of benzene rings is 1. The average Bonchev–Trinajstić information content (AvgIpc) is 2.02. The van der Waals surface area contributed by atoms with Crippen molar-refractivity contribution in [3.63, 3.8) is 0 Å². The molecule has 0 amide bonds. The van der Waals surface area contributed by atoms with E-state index in [1.54, 1.807) is 0 Å². The molecule has 0 saturated heterocycles. The second-order valence-corrected chi connectivity index (χ2v) is 4.13. The number of hydrogen-bond acceptors (Lipinski definition) is 2. The zero-order chi connectivity index (χ0) is 10.8. The summed E-state index contributed by atoms with van der Waals surface area (Å²) in [6, 6.07) is 6.09. The molecule has 0 fully saturated rings. The lowest BCUT2D eigenvalue weighted by Crippen LogP contribution is -2.25. The summed E-state index contributed by atoms with van der Waals surface area (Å²) < 4.78 is 0. The fourth-order valence-corrected chi connectivity index (χ4v) is 1.83. The lowest BCUT2D eigenvalue weighted by Gasteiger charge is -2.25. The first kappa shape index (κ1) is 11.2. The quantitative estimate of drug-likeness (QED) is 0.769. The molecule has 0 bridgehead atoms. The van der Waals surface area contributed by atoms with Gasteiger partial charge in [0.25, 0.3) is 0 Å². The number of aliphatic hydroxyl groups is 1. The van der Waals surface area contributed by atoms with Gasteiger partial charge in [0.1, 0.15) is 0 Å². The maximum absolute atomic E-state index is 10.2. The van der Waals surface area contributed by atoms with Crippen molar-refractivity contribution in [2.45, 2.75) is 32.8 Å². The van der Waals surface area contributed by atoms with Gasteiger partial charge in [0, 0.05) is 0 Å². The Hall–Kier alpha value is -0.860. The molecule has 0 saturated carbocycles. The van der Waals surface area contributed by atoms with Crippen molar-refractivity contribution in [2.24, 2.45) is 5.73 Å². The van der Waals surface area contributed by atoms with Crippen molar-refractivity contribution in [1.82, 2.24) is 0 Å². The smallest absolute Gasteiger partial charge is 0.0883 e. The van der Waals surface area contributed by atoms with Gasteiger partial charge in [0.2, 0.25) is 0 Å². The van der Waals surface area contributed by atoms with E-state index < -0.39 is 5.60 Å². The van der Waals surface area contributed by atoms with Crippen LogP contribution in [0.15, 0.2) is 18.2 Å². The summed E-state index contributed by atoms with van der Waals surface area (Å²) in [7, 11) is 0. The van der Waals surface area contributed by atoms with E-state index in [0.717, 1.165) is 11.1 Å². The van der Waals surface area contributed by atoms with E-state index in [4.69, 9.17) is 5.73 Å². The molecule has 78 valence electrons. The molecule has 0 aliphatic carbocycles. The Bertz CT molecular complexity index is 318. The highest BCUT2D eigenvalue weighted by Crippen LogP contribution is 2.27. The van der Waals surface area contributed by atoms with Crippen LogP contribution < -0.4 is 5.73 Å². The van der Waals surface area contributed by atoms with Crippen LogP contribution in [0.1, 0.15) is 30.0 Å². The van der Waals surface area contributed by atoms with Gasteiger partial charge in [-0.25, -0.2) is 0 Å². The summed E-state index contributed by atoms with van der Waals surface area (Å²) in [4.78, 5) is 0. The molecule has 0 spiro atoms. The van der Waals surface area contributed by atoms with E-state index in [-0.39, 0.29) is 0 Å². The summed E-state index contributed by atoms with van der Waals surface area (Å²) in [5.74, 6) is 0. The van der Waals surface area contributed by atoms with Gasteiger partial charge in [0.15, 0.2) is 0 Å². The van der Waals surface area contributed by atoms with Crippen LogP contribution in [0, 0.1) is 13.8 Å². The summed E-state index contributed by atoms with van der Waals surface area (Å²) >= 11 is 0. The minimum Gasteiger partial charge on any atom is -0.385 e. The van der Waals surface area contributed by atoms with Crippen molar-refractivity contribution in [3.05, 3.63) is 34.9 Å². The lowest BCUT2D eigenvalue weighted by molar-refractivity contribution is 0.0498. The summed E-state index contributed by atoms with van der Waals surface area (Å²) in [5.41, 5.74) is 8.00. The van der Waals surface area contributed by atoms with Gasteiger partial charge in [-0.15, -0.1) is 0 Å². The van der Waals surface area contributed by atoms with Crippen LogP contribution in [0.4, 0.5) is 0 Å². The maximum atomic E-state index is 10.2. The normalized spacial score (nSPS) is 15.2. The molecule has 0 aliphatic heterocycles. The molecular formula is C12H19NO. The second kappa shape index (κ2) is 4.11. The van der Waals surface area contributed by atoms with E-state index >= 15 is 0 Å². The first-order chi connectivity index (χ1) is 6.47. The zero-order valence-corrected chi connectivity index (χ0v) is 9.17. The van der Waals surface area contributed by atoms with Crippen LogP contribution in [0.5, 0.6) is 0 Å². The molecule has 1 unspecified atom stereocenters. The van der Waals surface area contributed by atoms with E-state index in [1.807, 2.05) is 26.0 Å². The van der Waals surface area contributed by atoms with Crippen molar-refractivity contribution >= 4 is 0 Å². The molecule has 14 heavy (non-hydrogen) atoms. The van der Waals surface area contributed by atoms with Crippen LogP contribution >= 0.6 is 0 Å². The Morgan fingerprint density at radius 3 is 2.50 bits per heavy atom. The molecule has 1 aromatic rings. The SMILES string of the molecule is Cc1ccc(C(C)(O)CCN)c(C)c1. The average molecular weight is 193 g/mol. The largest absolute Gasteiger partial charge is 0.385 e. The minimum atomic E-state index is -0.799. The third-order valence-electron chi connectivity index (χ3n) is 2.59. The number of nitrogens with two attached hydrogens (primary N) is 1. The summed E-state index contributed by atoms with van der Waals surface area (Å²) in [6.07, 6.45) is 0.594. The Morgan fingerprint density at radius 1 is 1.36 bits per heavy atom. The fourth-order valence-electron chi connectivity index (χ4n) is 1.83. The predicted molar refractivity (Wildman–Crippen MR) is 59.2 cm³/mol.